The molecule has 3 saturated carbocycles. The lowest BCUT2D eigenvalue weighted by Gasteiger charge is -2.60. The van der Waals surface area contributed by atoms with Gasteiger partial charge < -0.3 is 14.9 Å². The van der Waals surface area contributed by atoms with E-state index in [-0.39, 0.29) is 24.1 Å². The monoisotopic (exact) mass is 460 g/mol. The lowest BCUT2D eigenvalue weighted by Crippen LogP contribution is -2.56. The molecular weight excluding hydrogens is 412 g/mol. The van der Waals surface area contributed by atoms with Crippen LogP contribution in [0, 0.1) is 46.3 Å². The fourth-order valence-electron chi connectivity index (χ4n) is 9.14. The smallest absolute Gasteiger partial charge is 0.303 e. The van der Waals surface area contributed by atoms with Crippen LogP contribution in [0.4, 0.5) is 0 Å². The fourth-order valence-corrected chi connectivity index (χ4v) is 9.14. The maximum absolute atomic E-state index is 11.5. The number of carbonyl (C=O) groups excluding carboxylic acids is 1. The molecule has 0 aromatic heterocycles. The van der Waals surface area contributed by atoms with Crippen LogP contribution in [0.2, 0.25) is 0 Å². The van der Waals surface area contributed by atoms with Crippen molar-refractivity contribution in [3.63, 3.8) is 0 Å². The standard InChI is InChI=1S/C29H48O4/c1-18(2)7-6-8-19(3)23-9-10-24-22-16-27(32)26-15-21(33-20(4)31)11-14-29(26,17-30)25(22)12-13-28(23,24)5/h15,18-19,21-25,27,30,32H,6-14,16-17H2,1-5H3/t19-,21+,22?,23-,24?,25?,27-,28-,29+/m1/s1. The van der Waals surface area contributed by atoms with Crippen LogP contribution in [-0.4, -0.2) is 35.0 Å². The Morgan fingerprint density at radius 2 is 1.88 bits per heavy atom. The molecule has 3 fully saturated rings. The van der Waals surface area contributed by atoms with E-state index in [9.17, 15) is 15.0 Å². The Labute approximate surface area is 201 Å². The molecule has 4 rings (SSSR count). The van der Waals surface area contributed by atoms with Crippen LogP contribution < -0.4 is 0 Å². The normalized spacial score (nSPS) is 43.3. The number of carbonyl (C=O) groups is 1. The Bertz CT molecular complexity index is 744. The Hall–Kier alpha value is -0.870. The molecule has 4 heteroatoms. The third kappa shape index (κ3) is 4.44. The number of rotatable bonds is 7. The van der Waals surface area contributed by atoms with Crippen molar-refractivity contribution in [3.05, 3.63) is 11.6 Å². The van der Waals surface area contributed by atoms with E-state index in [0.717, 1.165) is 49.0 Å². The van der Waals surface area contributed by atoms with Crippen molar-refractivity contribution in [2.45, 2.75) is 111 Å². The van der Waals surface area contributed by atoms with Crippen LogP contribution >= 0.6 is 0 Å². The summed E-state index contributed by atoms with van der Waals surface area (Å²) < 4.78 is 5.48. The SMILES string of the molecule is CC(=O)O[C@@H]1C=C2[C@H](O)CC3C(CC[C@@]4(C)C3CC[C@@H]4[C@H](C)CCCC(C)C)[C@@]2(CO)CC1. The van der Waals surface area contributed by atoms with Gasteiger partial charge in [0.15, 0.2) is 0 Å². The number of hydrogen-bond donors (Lipinski definition) is 2. The second-order valence-corrected chi connectivity index (χ2v) is 12.8. The topological polar surface area (TPSA) is 66.8 Å². The first-order valence-corrected chi connectivity index (χ1v) is 13.8. The van der Waals surface area contributed by atoms with Crippen molar-refractivity contribution >= 4 is 5.97 Å². The van der Waals surface area contributed by atoms with Gasteiger partial charge in [-0.25, -0.2) is 0 Å². The molecule has 33 heavy (non-hydrogen) atoms. The first-order valence-electron chi connectivity index (χ1n) is 13.8. The van der Waals surface area contributed by atoms with E-state index in [1.54, 1.807) is 0 Å². The zero-order chi connectivity index (χ0) is 24.0. The summed E-state index contributed by atoms with van der Waals surface area (Å²) in [7, 11) is 0. The molecule has 2 N–H and O–H groups in total. The summed E-state index contributed by atoms with van der Waals surface area (Å²) >= 11 is 0. The van der Waals surface area contributed by atoms with Gasteiger partial charge in [-0.05, 0) is 97.5 Å². The average Bonchev–Trinajstić information content (AvgIpc) is 3.11. The van der Waals surface area contributed by atoms with E-state index in [4.69, 9.17) is 4.74 Å². The van der Waals surface area contributed by atoms with E-state index in [0.29, 0.717) is 23.2 Å². The minimum absolute atomic E-state index is 0.0995. The first-order chi connectivity index (χ1) is 15.6. The second kappa shape index (κ2) is 9.64. The number of ether oxygens (including phenoxy) is 1. The van der Waals surface area contributed by atoms with Crippen LogP contribution in [0.1, 0.15) is 98.8 Å². The van der Waals surface area contributed by atoms with Crippen LogP contribution in [0.5, 0.6) is 0 Å². The number of aliphatic hydroxyl groups excluding tert-OH is 2. The maximum atomic E-state index is 11.5. The average molecular weight is 461 g/mol. The molecule has 0 aromatic carbocycles. The molecule has 3 unspecified atom stereocenters. The van der Waals surface area contributed by atoms with Crippen molar-refractivity contribution < 1.29 is 19.7 Å². The van der Waals surface area contributed by atoms with Crippen LogP contribution in [0.15, 0.2) is 11.6 Å². The van der Waals surface area contributed by atoms with Gasteiger partial charge in [-0.1, -0.05) is 47.0 Å². The molecule has 9 atom stereocenters. The highest BCUT2D eigenvalue weighted by atomic mass is 16.5. The number of esters is 1. The van der Waals surface area contributed by atoms with Crippen molar-refractivity contribution in [2.75, 3.05) is 6.61 Å². The van der Waals surface area contributed by atoms with E-state index in [1.807, 2.05) is 6.08 Å². The number of hydrogen-bond acceptors (Lipinski definition) is 4. The van der Waals surface area contributed by atoms with Gasteiger partial charge >= 0.3 is 5.97 Å². The lowest BCUT2D eigenvalue weighted by molar-refractivity contribution is -0.147. The fraction of sp³-hybridized carbons (Fsp3) is 0.897. The van der Waals surface area contributed by atoms with Gasteiger partial charge in [0, 0.05) is 12.3 Å². The van der Waals surface area contributed by atoms with Crippen molar-refractivity contribution in [2.24, 2.45) is 46.3 Å². The molecule has 0 saturated heterocycles. The van der Waals surface area contributed by atoms with Crippen molar-refractivity contribution in [1.82, 2.24) is 0 Å². The summed E-state index contributed by atoms with van der Waals surface area (Å²) in [6.45, 7) is 11.3. The van der Waals surface area contributed by atoms with Crippen LogP contribution in [0.25, 0.3) is 0 Å². The molecule has 4 nitrogen and oxygen atoms in total. The molecule has 188 valence electrons. The van der Waals surface area contributed by atoms with Gasteiger partial charge in [0.2, 0.25) is 0 Å². The zero-order valence-electron chi connectivity index (χ0n) is 21.7. The van der Waals surface area contributed by atoms with E-state index >= 15 is 0 Å². The van der Waals surface area contributed by atoms with Gasteiger partial charge in [-0.2, -0.15) is 0 Å². The molecule has 4 aliphatic carbocycles. The molecule has 0 spiro atoms. The van der Waals surface area contributed by atoms with E-state index in [1.165, 1.54) is 45.4 Å². The van der Waals surface area contributed by atoms with E-state index in [2.05, 4.69) is 27.7 Å². The van der Waals surface area contributed by atoms with E-state index < -0.39 is 6.10 Å². The summed E-state index contributed by atoms with van der Waals surface area (Å²) in [5, 5.41) is 22.0. The van der Waals surface area contributed by atoms with Crippen LogP contribution in [0.3, 0.4) is 0 Å². The zero-order valence-corrected chi connectivity index (χ0v) is 21.7. The highest BCUT2D eigenvalue weighted by Crippen LogP contribution is 2.67. The van der Waals surface area contributed by atoms with Gasteiger partial charge in [-0.3, -0.25) is 4.79 Å². The Kier molecular flexibility index (Phi) is 7.37. The minimum Gasteiger partial charge on any atom is -0.458 e. The van der Waals surface area contributed by atoms with Crippen molar-refractivity contribution in [1.29, 1.82) is 0 Å². The highest BCUT2D eigenvalue weighted by molar-refractivity contribution is 5.66. The molecular formula is C29H48O4. The predicted molar refractivity (Wildman–Crippen MR) is 131 cm³/mol. The molecule has 0 heterocycles. The molecule has 0 radical (unpaired) electrons. The quantitative estimate of drug-likeness (QED) is 0.366. The molecule has 0 amide bonds. The summed E-state index contributed by atoms with van der Waals surface area (Å²) in [4.78, 5) is 11.5. The predicted octanol–water partition coefficient (Wildman–Crippen LogP) is 5.90. The first kappa shape index (κ1) is 25.2. The summed E-state index contributed by atoms with van der Waals surface area (Å²) in [5.41, 5.74) is 0.996. The summed E-state index contributed by atoms with van der Waals surface area (Å²) in [5.74, 6) is 3.64. The third-order valence-electron chi connectivity index (χ3n) is 10.6. The summed E-state index contributed by atoms with van der Waals surface area (Å²) in [6, 6.07) is 0. The Morgan fingerprint density at radius 3 is 2.55 bits per heavy atom. The van der Waals surface area contributed by atoms with Gasteiger partial charge in [0.05, 0.1) is 12.7 Å². The minimum atomic E-state index is -0.526. The number of aliphatic hydroxyl groups is 2. The second-order valence-electron chi connectivity index (χ2n) is 12.8. The molecule has 0 aliphatic heterocycles. The Balaban J connectivity index is 1.54. The van der Waals surface area contributed by atoms with Gasteiger partial charge in [0.1, 0.15) is 6.10 Å². The van der Waals surface area contributed by atoms with Gasteiger partial charge in [-0.15, -0.1) is 0 Å². The molecule has 0 aromatic rings. The molecule has 0 bridgehead atoms. The Morgan fingerprint density at radius 1 is 1.12 bits per heavy atom. The summed E-state index contributed by atoms with van der Waals surface area (Å²) in [6.07, 6.45) is 12.6. The van der Waals surface area contributed by atoms with Crippen molar-refractivity contribution in [3.8, 4) is 0 Å². The highest BCUT2D eigenvalue weighted by Gasteiger charge is 2.62. The lowest BCUT2D eigenvalue weighted by atomic mass is 9.45. The molecule has 4 aliphatic rings. The van der Waals surface area contributed by atoms with Crippen LogP contribution in [-0.2, 0) is 9.53 Å². The van der Waals surface area contributed by atoms with Gasteiger partial charge in [0.25, 0.3) is 0 Å². The largest absolute Gasteiger partial charge is 0.458 e. The third-order valence-corrected chi connectivity index (χ3v) is 10.6. The number of fused-ring (bicyclic) bond motifs is 5. The maximum Gasteiger partial charge on any atom is 0.303 e.